The molecule has 1 amide bonds. The van der Waals surface area contributed by atoms with E-state index in [4.69, 9.17) is 0 Å². The van der Waals surface area contributed by atoms with E-state index in [1.54, 1.807) is 21.8 Å². The van der Waals surface area contributed by atoms with Gasteiger partial charge in [-0.05, 0) is 26.2 Å². The topological polar surface area (TPSA) is 119 Å². The van der Waals surface area contributed by atoms with Crippen LogP contribution in [0.4, 0.5) is 38.0 Å². The second kappa shape index (κ2) is 10.7. The van der Waals surface area contributed by atoms with Crippen molar-refractivity contribution in [1.82, 2.24) is 30.4 Å². The fourth-order valence-electron chi connectivity index (χ4n) is 4.69. The number of alkyl halides is 6. The third-order valence-corrected chi connectivity index (χ3v) is 6.61. The highest BCUT2D eigenvalue weighted by Crippen LogP contribution is 2.32. The van der Waals surface area contributed by atoms with E-state index in [9.17, 15) is 35.9 Å². The molecule has 2 saturated heterocycles. The van der Waals surface area contributed by atoms with Gasteiger partial charge in [-0.1, -0.05) is 0 Å². The molecule has 0 aliphatic carbocycles. The predicted octanol–water partition coefficient (Wildman–Crippen LogP) is 2.26. The number of hydrogen-bond donors (Lipinski definition) is 3. The number of likely N-dealkylation sites (tertiary alicyclic amines) is 1. The zero-order chi connectivity index (χ0) is 27.7. The van der Waals surface area contributed by atoms with E-state index in [-0.39, 0.29) is 24.4 Å². The Bertz CT molecular complexity index is 1180. The number of carbonyl (C=O) groups is 1. The number of amides is 1. The average Bonchev–Trinajstić information content (AvgIpc) is 3.21. The van der Waals surface area contributed by atoms with Crippen molar-refractivity contribution in [2.24, 2.45) is 0 Å². The third-order valence-electron chi connectivity index (χ3n) is 6.61. The van der Waals surface area contributed by atoms with E-state index in [0.29, 0.717) is 38.9 Å². The number of nitrogens with zero attached hydrogens (tertiary/aromatic N) is 5. The largest absolute Gasteiger partial charge is 0.423 e. The van der Waals surface area contributed by atoms with E-state index in [1.807, 2.05) is 0 Å². The maximum Gasteiger partial charge on any atom is 0.423 e. The molecule has 0 aromatic carbocycles. The average molecular weight is 548 g/mol. The number of aromatic amines is 1. The smallest absolute Gasteiger partial charge is 0.379 e. The molecule has 0 saturated carbocycles. The van der Waals surface area contributed by atoms with E-state index in [2.05, 4.69) is 25.7 Å². The molecule has 2 aromatic rings. The highest BCUT2D eigenvalue weighted by Gasteiger charge is 2.39. The molecule has 0 bridgehead atoms. The van der Waals surface area contributed by atoms with Crippen molar-refractivity contribution < 1.29 is 31.1 Å². The van der Waals surface area contributed by atoms with Gasteiger partial charge in [0.2, 0.25) is 11.9 Å². The highest BCUT2D eigenvalue weighted by molar-refractivity contribution is 5.84. The summed E-state index contributed by atoms with van der Waals surface area (Å²) in [4.78, 5) is 35.8. The summed E-state index contributed by atoms with van der Waals surface area (Å²) in [5.41, 5.74) is -4.08. The molecule has 4 heterocycles. The summed E-state index contributed by atoms with van der Waals surface area (Å²) in [5.74, 6) is 0.0877. The van der Waals surface area contributed by atoms with Crippen LogP contribution in [0.2, 0.25) is 0 Å². The van der Waals surface area contributed by atoms with Crippen LogP contribution in [-0.2, 0) is 17.1 Å². The van der Waals surface area contributed by atoms with Gasteiger partial charge in [0.15, 0.2) is 0 Å². The minimum absolute atomic E-state index is 0.0491. The van der Waals surface area contributed by atoms with Gasteiger partial charge >= 0.3 is 12.4 Å². The minimum atomic E-state index is -4.86. The van der Waals surface area contributed by atoms with Crippen molar-refractivity contribution in [2.45, 2.75) is 56.7 Å². The Kier molecular flexibility index (Phi) is 7.80. The summed E-state index contributed by atoms with van der Waals surface area (Å²) >= 11 is 0. The summed E-state index contributed by atoms with van der Waals surface area (Å²) in [6.45, 7) is 3.24. The van der Waals surface area contributed by atoms with Gasteiger partial charge in [-0.25, -0.2) is 15.1 Å². The zero-order valence-electron chi connectivity index (χ0n) is 20.2. The monoisotopic (exact) mass is 548 g/mol. The maximum absolute atomic E-state index is 13.2. The summed E-state index contributed by atoms with van der Waals surface area (Å²) in [7, 11) is 0. The normalized spacial score (nSPS) is 20.2. The van der Waals surface area contributed by atoms with Crippen LogP contribution >= 0.6 is 0 Å². The Morgan fingerprint density at radius 1 is 1.00 bits per heavy atom. The zero-order valence-corrected chi connectivity index (χ0v) is 20.2. The molecular formula is C22H26F6N8O2. The number of piperidine rings is 1. The number of aromatic nitrogens is 4. The lowest BCUT2D eigenvalue weighted by molar-refractivity contribution is -0.139. The fraction of sp³-hybridized carbons (Fsp3) is 0.591. The van der Waals surface area contributed by atoms with Gasteiger partial charge in [0, 0.05) is 50.7 Å². The van der Waals surface area contributed by atoms with Crippen molar-refractivity contribution in [3.8, 4) is 0 Å². The number of anilines is 2. The summed E-state index contributed by atoms with van der Waals surface area (Å²) in [5, 5.41) is 10.9. The molecule has 2 aliphatic rings. The number of halogens is 6. The molecule has 2 aliphatic heterocycles. The molecule has 0 spiro atoms. The number of hydrogen-bond acceptors (Lipinski definition) is 8. The summed E-state index contributed by atoms with van der Waals surface area (Å²) < 4.78 is 77.9. The van der Waals surface area contributed by atoms with Crippen LogP contribution in [0.5, 0.6) is 0 Å². The SMILES string of the molecule is C[C@@H](CN[C@H]1CCN(C2CCN(c3ncc(C(F)(F)F)cn3)CC2)C1=O)Nc1cn[nH]c(=O)c1C(F)(F)F. The van der Waals surface area contributed by atoms with Crippen LogP contribution in [0.15, 0.2) is 23.4 Å². The van der Waals surface area contributed by atoms with Crippen molar-refractivity contribution in [3.05, 3.63) is 40.1 Å². The van der Waals surface area contributed by atoms with Crippen LogP contribution in [0.25, 0.3) is 0 Å². The van der Waals surface area contributed by atoms with Gasteiger partial charge in [0.05, 0.1) is 23.5 Å². The first-order chi connectivity index (χ1) is 17.8. The lowest BCUT2D eigenvalue weighted by atomic mass is 10.0. The summed E-state index contributed by atoms with van der Waals surface area (Å²) in [6.07, 6.45) is -5.26. The number of carbonyl (C=O) groups excluding carboxylic acids is 1. The lowest BCUT2D eigenvalue weighted by Gasteiger charge is -2.36. The van der Waals surface area contributed by atoms with Gasteiger partial charge in [0.25, 0.3) is 5.56 Å². The first-order valence-corrected chi connectivity index (χ1v) is 11.9. The van der Waals surface area contributed by atoms with E-state index >= 15 is 0 Å². The number of rotatable bonds is 7. The van der Waals surface area contributed by atoms with Gasteiger partial charge < -0.3 is 20.4 Å². The molecule has 10 nitrogen and oxygen atoms in total. The quantitative estimate of drug-likeness (QED) is 0.451. The van der Waals surface area contributed by atoms with Gasteiger partial charge in [-0.15, -0.1) is 0 Å². The molecule has 0 unspecified atom stereocenters. The van der Waals surface area contributed by atoms with Gasteiger partial charge in [0.1, 0.15) is 5.56 Å². The Morgan fingerprint density at radius 2 is 1.66 bits per heavy atom. The molecule has 16 heteroatoms. The van der Waals surface area contributed by atoms with Gasteiger partial charge in [-0.2, -0.15) is 31.4 Å². The lowest BCUT2D eigenvalue weighted by Crippen LogP contribution is -2.49. The third kappa shape index (κ3) is 6.16. The maximum atomic E-state index is 13.2. The molecule has 208 valence electrons. The Morgan fingerprint density at radius 3 is 2.26 bits per heavy atom. The standard InChI is InChI=1S/C22H26F6N8O2/c1-12(33-16-11-32-34-18(37)17(16)22(26,27)28)8-29-15-4-7-36(19(15)38)14-2-5-35(6-3-14)20-30-9-13(10-31-20)21(23,24)25/h9-12,14-15,29H,2-8H2,1H3,(H2,33,34,37)/t12-,15-/m0/s1. The van der Waals surface area contributed by atoms with Crippen molar-refractivity contribution in [2.75, 3.05) is 36.4 Å². The van der Waals surface area contributed by atoms with E-state index < -0.39 is 46.8 Å². The fourth-order valence-corrected chi connectivity index (χ4v) is 4.69. The van der Waals surface area contributed by atoms with Crippen LogP contribution in [0.1, 0.15) is 37.3 Å². The van der Waals surface area contributed by atoms with Crippen LogP contribution in [0.3, 0.4) is 0 Å². The molecule has 38 heavy (non-hydrogen) atoms. The van der Waals surface area contributed by atoms with Crippen molar-refractivity contribution in [3.63, 3.8) is 0 Å². The first-order valence-electron chi connectivity index (χ1n) is 11.9. The van der Waals surface area contributed by atoms with Crippen LogP contribution in [0, 0.1) is 0 Å². The van der Waals surface area contributed by atoms with E-state index in [1.165, 1.54) is 0 Å². The minimum Gasteiger partial charge on any atom is -0.379 e. The number of H-pyrrole nitrogens is 1. The van der Waals surface area contributed by atoms with Gasteiger partial charge in [-0.3, -0.25) is 9.59 Å². The molecule has 2 aromatic heterocycles. The second-order valence-corrected chi connectivity index (χ2v) is 9.30. The molecule has 2 fully saturated rings. The summed E-state index contributed by atoms with van der Waals surface area (Å²) in [6, 6.07) is -1.10. The molecule has 2 atom stereocenters. The molecular weight excluding hydrogens is 522 g/mol. The molecule has 0 radical (unpaired) electrons. The Labute approximate surface area is 212 Å². The first kappa shape index (κ1) is 27.6. The van der Waals surface area contributed by atoms with Crippen LogP contribution < -0.4 is 21.1 Å². The Hall–Kier alpha value is -3.43. The predicted molar refractivity (Wildman–Crippen MR) is 123 cm³/mol. The van der Waals surface area contributed by atoms with Crippen molar-refractivity contribution in [1.29, 1.82) is 0 Å². The Balaban J connectivity index is 1.27. The number of nitrogens with one attached hydrogen (secondary N) is 3. The van der Waals surface area contributed by atoms with Crippen LogP contribution in [-0.4, -0.2) is 75.3 Å². The highest BCUT2D eigenvalue weighted by atomic mass is 19.4. The van der Waals surface area contributed by atoms with Crippen molar-refractivity contribution >= 4 is 17.5 Å². The van der Waals surface area contributed by atoms with E-state index in [0.717, 1.165) is 18.6 Å². The second-order valence-electron chi connectivity index (χ2n) is 9.30. The molecule has 4 rings (SSSR count). The molecule has 3 N–H and O–H groups in total.